The molecule has 4 amide bonds. The van der Waals surface area contributed by atoms with Gasteiger partial charge in [-0.15, -0.1) is 0 Å². The summed E-state index contributed by atoms with van der Waals surface area (Å²) in [5.41, 5.74) is 5.50. The minimum Gasteiger partial charge on any atom is -0.463 e. The molecule has 2 saturated heterocycles. The molecule has 2 aromatic carbocycles. The van der Waals surface area contributed by atoms with Crippen molar-refractivity contribution in [3.8, 4) is 0 Å². The molecule has 0 aromatic heterocycles. The van der Waals surface area contributed by atoms with Crippen LogP contribution in [0.3, 0.4) is 0 Å². The van der Waals surface area contributed by atoms with E-state index in [0.717, 1.165) is 43.2 Å². The molecule has 0 bridgehead atoms. The van der Waals surface area contributed by atoms with Gasteiger partial charge in [0.2, 0.25) is 0 Å². The Balaban J connectivity index is 1.30. The Kier molecular flexibility index (Phi) is 14.5. The molecule has 0 saturated carbocycles. The third kappa shape index (κ3) is 11.6. The van der Waals surface area contributed by atoms with Crippen molar-refractivity contribution in [1.82, 2.24) is 30.7 Å². The molecule has 3 heterocycles. The number of nitrogen functional groups attached to an aromatic ring is 1. The summed E-state index contributed by atoms with van der Waals surface area (Å²) in [5, 5.41) is 11.8. The number of urea groups is 1. The van der Waals surface area contributed by atoms with Crippen molar-refractivity contribution in [3.63, 3.8) is 0 Å². The molecular formula is C37H50ClF3N8O6. The van der Waals surface area contributed by atoms with Crippen molar-refractivity contribution in [2.75, 3.05) is 77.6 Å². The molecule has 302 valence electrons. The third-order valence-corrected chi connectivity index (χ3v) is 10.4. The third-order valence-electron chi connectivity index (χ3n) is 10.1. The standard InChI is InChI=1S/C37H50ClF3N8O6/c1-47(2)17-18-54-34(51)30(22-44-25-7-12-43-13-8-25)45-33(50)31(21-23-19-27(37(39,40)41)32(42)28(38)20-23)55-36(53)48-14-10-26(11-15-48)49-16-9-24-5-3-4-6-29(24)46-35(49)52/h3-6,19-20,25-26,30-31,43-44H,7-18,21-22,42H2,1-2H3,(H,45,50)(H,46,52)/t30-,31+/m0/s1. The number of carbonyl (C=O) groups excluding carboxylic acids is 4. The van der Waals surface area contributed by atoms with Gasteiger partial charge in [0, 0.05) is 56.9 Å². The van der Waals surface area contributed by atoms with Crippen molar-refractivity contribution < 1.29 is 41.8 Å². The van der Waals surface area contributed by atoms with Gasteiger partial charge in [-0.3, -0.25) is 4.79 Å². The lowest BCUT2D eigenvalue weighted by molar-refractivity contribution is -0.149. The number of nitrogens with two attached hydrogens (primary N) is 1. The summed E-state index contributed by atoms with van der Waals surface area (Å²) < 4.78 is 52.9. The summed E-state index contributed by atoms with van der Waals surface area (Å²) in [4.78, 5) is 59.0. The first-order valence-electron chi connectivity index (χ1n) is 18.5. The summed E-state index contributed by atoms with van der Waals surface area (Å²) in [6.45, 7) is 2.93. The Morgan fingerprint density at radius 1 is 1.07 bits per heavy atom. The zero-order chi connectivity index (χ0) is 39.7. The van der Waals surface area contributed by atoms with Gasteiger partial charge >= 0.3 is 24.3 Å². The number of anilines is 2. The van der Waals surface area contributed by atoms with Gasteiger partial charge in [0.25, 0.3) is 5.91 Å². The van der Waals surface area contributed by atoms with E-state index in [4.69, 9.17) is 26.8 Å². The molecule has 0 spiro atoms. The second kappa shape index (κ2) is 19.0. The van der Waals surface area contributed by atoms with E-state index >= 15 is 0 Å². The van der Waals surface area contributed by atoms with Crippen LogP contribution in [-0.4, -0.2) is 129 Å². The first kappa shape index (κ1) is 41.8. The predicted molar refractivity (Wildman–Crippen MR) is 201 cm³/mol. The van der Waals surface area contributed by atoms with Crippen molar-refractivity contribution >= 4 is 47.0 Å². The number of hydrogen-bond donors (Lipinski definition) is 5. The second-order valence-corrected chi connectivity index (χ2v) is 14.7. The molecule has 0 aliphatic carbocycles. The van der Waals surface area contributed by atoms with Crippen LogP contribution < -0.4 is 27.0 Å². The minimum absolute atomic E-state index is 0.00641. The van der Waals surface area contributed by atoms with E-state index in [2.05, 4.69) is 21.3 Å². The highest BCUT2D eigenvalue weighted by Crippen LogP contribution is 2.38. The summed E-state index contributed by atoms with van der Waals surface area (Å²) in [5.74, 6) is -1.63. The lowest BCUT2D eigenvalue weighted by Gasteiger charge is -2.37. The minimum atomic E-state index is -4.85. The highest BCUT2D eigenvalue weighted by atomic mass is 35.5. The summed E-state index contributed by atoms with van der Waals surface area (Å²) in [6.07, 6.45) is -4.78. The number of para-hydroxylation sites is 1. The molecule has 2 aromatic rings. The number of fused-ring (bicyclic) bond motifs is 1. The van der Waals surface area contributed by atoms with Crippen molar-refractivity contribution in [2.45, 2.75) is 68.9 Å². The number of amides is 4. The van der Waals surface area contributed by atoms with Gasteiger partial charge in [0.05, 0.1) is 16.3 Å². The topological polar surface area (TPSA) is 171 Å². The number of alkyl halides is 3. The molecule has 2 fully saturated rings. The van der Waals surface area contributed by atoms with Crippen LogP contribution >= 0.6 is 11.6 Å². The molecule has 6 N–H and O–H groups in total. The number of benzene rings is 2. The van der Waals surface area contributed by atoms with Crippen molar-refractivity contribution in [2.24, 2.45) is 0 Å². The number of rotatable bonds is 13. The van der Waals surface area contributed by atoms with E-state index in [1.807, 2.05) is 43.3 Å². The van der Waals surface area contributed by atoms with Crippen LogP contribution in [-0.2, 0) is 38.1 Å². The number of nitrogens with zero attached hydrogens (tertiary/aromatic N) is 3. The van der Waals surface area contributed by atoms with Gasteiger partial charge < -0.3 is 51.2 Å². The van der Waals surface area contributed by atoms with E-state index in [9.17, 15) is 32.3 Å². The monoisotopic (exact) mass is 794 g/mol. The van der Waals surface area contributed by atoms with Crippen LogP contribution in [0, 0.1) is 0 Å². The number of nitrogens with one attached hydrogen (secondary N) is 4. The van der Waals surface area contributed by atoms with Gasteiger partial charge in [-0.1, -0.05) is 29.8 Å². The number of hydrogen-bond acceptors (Lipinski definition) is 10. The Morgan fingerprint density at radius 3 is 2.47 bits per heavy atom. The SMILES string of the molecule is CN(C)CCOC(=O)[C@H](CNC1CCNCC1)NC(=O)[C@@H](Cc1cc(Cl)c(N)c(C(F)(F)F)c1)OC(=O)N1CCC(N2CCc3ccccc3NC2=O)CC1. The van der Waals surface area contributed by atoms with E-state index in [-0.39, 0.29) is 54.9 Å². The quantitative estimate of drug-likeness (QED) is 0.150. The zero-order valence-corrected chi connectivity index (χ0v) is 31.8. The molecule has 2 atom stereocenters. The average Bonchev–Trinajstić information content (AvgIpc) is 3.32. The molecule has 55 heavy (non-hydrogen) atoms. The maximum Gasteiger partial charge on any atom is 0.418 e. The zero-order valence-electron chi connectivity index (χ0n) is 31.1. The number of likely N-dealkylation sites (N-methyl/N-ethyl adjacent to an activating group) is 1. The molecule has 0 radical (unpaired) electrons. The van der Waals surface area contributed by atoms with Crippen molar-refractivity contribution in [1.29, 1.82) is 0 Å². The van der Waals surface area contributed by atoms with Crippen LogP contribution in [0.1, 0.15) is 42.4 Å². The van der Waals surface area contributed by atoms with Crippen LogP contribution in [0.15, 0.2) is 36.4 Å². The Morgan fingerprint density at radius 2 is 1.78 bits per heavy atom. The van der Waals surface area contributed by atoms with Crippen LogP contribution in [0.25, 0.3) is 0 Å². The highest BCUT2D eigenvalue weighted by molar-refractivity contribution is 6.33. The molecular weight excluding hydrogens is 745 g/mol. The van der Waals surface area contributed by atoms with E-state index in [1.165, 1.54) is 11.0 Å². The highest BCUT2D eigenvalue weighted by Gasteiger charge is 2.37. The lowest BCUT2D eigenvalue weighted by Crippen LogP contribution is -2.55. The molecule has 14 nitrogen and oxygen atoms in total. The van der Waals surface area contributed by atoms with E-state index in [0.29, 0.717) is 32.4 Å². The second-order valence-electron chi connectivity index (χ2n) is 14.3. The number of esters is 1. The van der Waals surface area contributed by atoms with E-state index in [1.54, 1.807) is 4.90 Å². The Hall–Kier alpha value is -4.32. The molecule has 0 unspecified atom stereocenters. The largest absolute Gasteiger partial charge is 0.463 e. The number of piperidine rings is 2. The first-order valence-corrected chi connectivity index (χ1v) is 18.9. The maximum absolute atomic E-state index is 14.0. The molecule has 18 heteroatoms. The number of halogens is 4. The summed E-state index contributed by atoms with van der Waals surface area (Å²) >= 11 is 6.10. The summed E-state index contributed by atoms with van der Waals surface area (Å²) in [7, 11) is 3.62. The van der Waals surface area contributed by atoms with Crippen LogP contribution in [0.2, 0.25) is 5.02 Å². The van der Waals surface area contributed by atoms with Gasteiger partial charge in [-0.05, 0) is 88.6 Å². The molecule has 5 rings (SSSR count). The fourth-order valence-corrected chi connectivity index (χ4v) is 7.16. The Labute approximate surface area is 323 Å². The van der Waals surface area contributed by atoms with Crippen molar-refractivity contribution in [3.05, 3.63) is 58.1 Å². The normalized spacial score (nSPS) is 18.2. The Bertz CT molecular complexity index is 1670. The molecule has 3 aliphatic heterocycles. The lowest BCUT2D eigenvalue weighted by atomic mass is 10.0. The number of likely N-dealkylation sites (tertiary alicyclic amines) is 1. The van der Waals surface area contributed by atoms with Gasteiger partial charge in [-0.25, -0.2) is 14.4 Å². The maximum atomic E-state index is 14.0. The first-order chi connectivity index (χ1) is 26.2. The van der Waals surface area contributed by atoms with E-state index < -0.39 is 54.0 Å². The number of carbonyl (C=O) groups is 4. The van der Waals surface area contributed by atoms with Gasteiger partial charge in [0.1, 0.15) is 12.6 Å². The van der Waals surface area contributed by atoms with Gasteiger partial charge in [-0.2, -0.15) is 13.2 Å². The van der Waals surface area contributed by atoms with Crippen LogP contribution in [0.5, 0.6) is 0 Å². The predicted octanol–water partition coefficient (Wildman–Crippen LogP) is 3.47. The van der Waals surface area contributed by atoms with Crippen LogP contribution in [0.4, 0.5) is 34.1 Å². The number of ether oxygens (including phenoxy) is 2. The molecule has 3 aliphatic rings. The van der Waals surface area contributed by atoms with Gasteiger partial charge in [0.15, 0.2) is 6.10 Å². The average molecular weight is 795 g/mol. The smallest absolute Gasteiger partial charge is 0.418 e. The fraction of sp³-hybridized carbons (Fsp3) is 0.568. The fourth-order valence-electron chi connectivity index (χ4n) is 6.92. The summed E-state index contributed by atoms with van der Waals surface area (Å²) in [6, 6.07) is 8.01.